The Morgan fingerprint density at radius 3 is 2.40 bits per heavy atom. The highest BCUT2D eigenvalue weighted by Crippen LogP contribution is 2.40. The molecule has 1 saturated heterocycles. The van der Waals surface area contributed by atoms with E-state index in [1.54, 1.807) is 18.7 Å². The lowest BCUT2D eigenvalue weighted by molar-refractivity contribution is -0.132. The number of rotatable bonds is 5. The number of likely N-dealkylation sites (N-methyl/N-ethyl adjacent to an activating group) is 1. The molecule has 8 nitrogen and oxygen atoms in total. The number of nitrogens with zero attached hydrogens (tertiary/aromatic N) is 4. The molecule has 1 amide bonds. The Morgan fingerprint density at radius 2 is 1.77 bits per heavy atom. The van der Waals surface area contributed by atoms with Crippen LogP contribution in [0.25, 0.3) is 0 Å². The number of hydrogen-bond donors (Lipinski definition) is 2. The summed E-state index contributed by atoms with van der Waals surface area (Å²) in [6.45, 7) is 17.4. The summed E-state index contributed by atoms with van der Waals surface area (Å²) >= 11 is 0. The van der Waals surface area contributed by atoms with E-state index in [0.717, 1.165) is 35.6 Å². The third-order valence-electron chi connectivity index (χ3n) is 7.57. The van der Waals surface area contributed by atoms with Crippen molar-refractivity contribution in [2.24, 2.45) is 0 Å². The Kier molecular flexibility index (Phi) is 6.24. The van der Waals surface area contributed by atoms with Crippen LogP contribution in [0.15, 0.2) is 24.4 Å². The van der Waals surface area contributed by atoms with Gasteiger partial charge in [-0.3, -0.25) is 9.69 Å². The molecule has 4 rings (SSSR count). The number of nitrogens with one attached hydrogen (secondary N) is 2. The second-order valence-electron chi connectivity index (χ2n) is 11.6. The SMILES string of the molecule is CCN1C(=O)C(C)(C)Oc2cc(Nc3ncc(C)c(NC4CC(C)(C)N(C)C(C)(C)C4)n3)ccc21. The molecule has 0 radical (unpaired) electrons. The number of likely N-dealkylation sites (tertiary alicyclic amines) is 1. The predicted molar refractivity (Wildman–Crippen MR) is 142 cm³/mol. The molecule has 1 fully saturated rings. The number of aryl methyl sites for hydroxylation is 1. The van der Waals surface area contributed by atoms with Crippen molar-refractivity contribution in [2.75, 3.05) is 29.1 Å². The zero-order valence-electron chi connectivity index (χ0n) is 22.6. The smallest absolute Gasteiger partial charge is 0.270 e. The van der Waals surface area contributed by atoms with Gasteiger partial charge in [-0.25, -0.2) is 4.98 Å². The number of benzene rings is 1. The van der Waals surface area contributed by atoms with E-state index in [-0.39, 0.29) is 17.0 Å². The van der Waals surface area contributed by atoms with Gasteiger partial charge in [0.1, 0.15) is 11.6 Å². The summed E-state index contributed by atoms with van der Waals surface area (Å²) in [6, 6.07) is 6.05. The van der Waals surface area contributed by atoms with Crippen LogP contribution in [0.2, 0.25) is 0 Å². The first kappa shape index (κ1) is 25.2. The number of piperidine rings is 1. The molecule has 1 aromatic heterocycles. The molecule has 2 aliphatic heterocycles. The van der Waals surface area contributed by atoms with Crippen LogP contribution in [0.1, 0.15) is 66.9 Å². The van der Waals surface area contributed by atoms with Crippen molar-refractivity contribution >= 4 is 29.0 Å². The highest BCUT2D eigenvalue weighted by molar-refractivity contribution is 6.02. The van der Waals surface area contributed by atoms with Crippen molar-refractivity contribution in [3.05, 3.63) is 30.0 Å². The number of carbonyl (C=O) groups excluding carboxylic acids is 1. The quantitative estimate of drug-likeness (QED) is 0.615. The van der Waals surface area contributed by atoms with Gasteiger partial charge in [0.05, 0.1) is 5.69 Å². The maximum Gasteiger partial charge on any atom is 0.270 e. The van der Waals surface area contributed by atoms with E-state index in [9.17, 15) is 4.79 Å². The fraction of sp³-hybridized carbons (Fsp3) is 0.593. The molecule has 0 bridgehead atoms. The predicted octanol–water partition coefficient (Wildman–Crippen LogP) is 5.12. The third kappa shape index (κ3) is 4.81. The number of ether oxygens (including phenoxy) is 1. The second-order valence-corrected chi connectivity index (χ2v) is 11.6. The lowest BCUT2D eigenvalue weighted by Gasteiger charge is -2.53. The van der Waals surface area contributed by atoms with Crippen molar-refractivity contribution in [3.8, 4) is 5.75 Å². The van der Waals surface area contributed by atoms with E-state index in [2.05, 4.69) is 55.3 Å². The largest absolute Gasteiger partial charge is 0.476 e. The van der Waals surface area contributed by atoms with Crippen molar-refractivity contribution < 1.29 is 9.53 Å². The van der Waals surface area contributed by atoms with E-state index in [1.807, 2.05) is 38.2 Å². The van der Waals surface area contributed by atoms with Crippen LogP contribution >= 0.6 is 0 Å². The molecule has 0 unspecified atom stereocenters. The van der Waals surface area contributed by atoms with Gasteiger partial charge in [0, 0.05) is 47.2 Å². The van der Waals surface area contributed by atoms with Crippen LogP contribution < -0.4 is 20.3 Å². The summed E-state index contributed by atoms with van der Waals surface area (Å²) in [5.41, 5.74) is 1.87. The zero-order chi connectivity index (χ0) is 25.8. The molecule has 3 heterocycles. The standard InChI is InChI=1S/C27H40N6O2/c1-10-33-20-12-11-18(13-21(20)35-27(7,8)23(33)34)30-24-28-16-17(2)22(31-24)29-19-14-25(3,4)32(9)26(5,6)15-19/h11-13,16,19H,10,14-15H2,1-9H3,(H2,28,29,30,31). The Labute approximate surface area is 209 Å². The normalized spacial score (nSPS) is 21.3. The Hall–Kier alpha value is -2.87. The maximum absolute atomic E-state index is 12.7. The van der Waals surface area contributed by atoms with Gasteiger partial charge in [0.25, 0.3) is 5.91 Å². The van der Waals surface area contributed by atoms with Crippen molar-refractivity contribution in [3.63, 3.8) is 0 Å². The maximum atomic E-state index is 12.7. The molecule has 0 saturated carbocycles. The van der Waals surface area contributed by atoms with Gasteiger partial charge in [-0.05, 0) is 87.4 Å². The van der Waals surface area contributed by atoms with Gasteiger partial charge in [-0.15, -0.1) is 0 Å². The van der Waals surface area contributed by atoms with E-state index in [4.69, 9.17) is 9.72 Å². The number of amides is 1. The molecule has 0 atom stereocenters. The monoisotopic (exact) mass is 480 g/mol. The molecule has 1 aromatic carbocycles. The Morgan fingerprint density at radius 1 is 1.11 bits per heavy atom. The van der Waals surface area contributed by atoms with Gasteiger partial charge in [0.2, 0.25) is 5.95 Å². The van der Waals surface area contributed by atoms with Gasteiger partial charge in [0.15, 0.2) is 5.60 Å². The van der Waals surface area contributed by atoms with Crippen LogP contribution in [0.5, 0.6) is 5.75 Å². The van der Waals surface area contributed by atoms with Crippen molar-refractivity contribution in [2.45, 2.75) is 91.0 Å². The Balaban J connectivity index is 1.55. The Bertz CT molecular complexity index is 1110. The summed E-state index contributed by atoms with van der Waals surface area (Å²) < 4.78 is 6.04. The summed E-state index contributed by atoms with van der Waals surface area (Å²) in [7, 11) is 2.22. The minimum Gasteiger partial charge on any atom is -0.476 e. The first-order valence-corrected chi connectivity index (χ1v) is 12.5. The lowest BCUT2D eigenvalue weighted by Crippen LogP contribution is -2.61. The first-order chi connectivity index (χ1) is 16.2. The molecule has 2 aliphatic rings. The molecule has 2 aromatic rings. The van der Waals surface area contributed by atoms with E-state index >= 15 is 0 Å². The van der Waals surface area contributed by atoms with Crippen LogP contribution in [0, 0.1) is 6.92 Å². The van der Waals surface area contributed by atoms with Crippen LogP contribution in [-0.2, 0) is 4.79 Å². The minimum atomic E-state index is -0.908. The molecule has 2 N–H and O–H groups in total. The number of aromatic nitrogens is 2. The number of anilines is 4. The van der Waals surface area contributed by atoms with Crippen molar-refractivity contribution in [1.29, 1.82) is 0 Å². The van der Waals surface area contributed by atoms with Crippen LogP contribution in [0.4, 0.5) is 23.1 Å². The van der Waals surface area contributed by atoms with E-state index in [1.165, 1.54) is 0 Å². The number of hydrogen-bond acceptors (Lipinski definition) is 7. The third-order valence-corrected chi connectivity index (χ3v) is 7.57. The van der Waals surface area contributed by atoms with Gasteiger partial charge in [-0.2, -0.15) is 4.98 Å². The number of fused-ring (bicyclic) bond motifs is 1. The molecule has 8 heteroatoms. The molecular formula is C27H40N6O2. The molecular weight excluding hydrogens is 440 g/mol. The summed E-state index contributed by atoms with van der Waals surface area (Å²) in [5.74, 6) is 2.00. The highest BCUT2D eigenvalue weighted by atomic mass is 16.5. The lowest BCUT2D eigenvalue weighted by atomic mass is 9.77. The van der Waals surface area contributed by atoms with Gasteiger partial charge in [-0.1, -0.05) is 0 Å². The van der Waals surface area contributed by atoms with Crippen LogP contribution in [-0.4, -0.2) is 57.1 Å². The summed E-state index contributed by atoms with van der Waals surface area (Å²) in [6.07, 6.45) is 3.91. The minimum absolute atomic E-state index is 0.0361. The topological polar surface area (TPSA) is 82.6 Å². The molecule has 0 spiro atoms. The fourth-order valence-electron chi connectivity index (χ4n) is 5.41. The number of carbonyl (C=O) groups is 1. The van der Waals surface area contributed by atoms with Gasteiger partial charge < -0.3 is 20.3 Å². The first-order valence-electron chi connectivity index (χ1n) is 12.5. The summed E-state index contributed by atoms with van der Waals surface area (Å²) in [4.78, 5) is 26.3. The second kappa shape index (κ2) is 8.66. The molecule has 190 valence electrons. The van der Waals surface area contributed by atoms with Gasteiger partial charge >= 0.3 is 0 Å². The van der Waals surface area contributed by atoms with Crippen LogP contribution in [0.3, 0.4) is 0 Å². The average molecular weight is 481 g/mol. The molecule has 0 aliphatic carbocycles. The fourth-order valence-corrected chi connectivity index (χ4v) is 5.41. The van der Waals surface area contributed by atoms with Crippen molar-refractivity contribution in [1.82, 2.24) is 14.9 Å². The highest BCUT2D eigenvalue weighted by Gasteiger charge is 2.43. The van der Waals surface area contributed by atoms with E-state index in [0.29, 0.717) is 24.3 Å². The summed E-state index contributed by atoms with van der Waals surface area (Å²) in [5, 5.41) is 7.02. The zero-order valence-corrected chi connectivity index (χ0v) is 22.6. The molecule has 35 heavy (non-hydrogen) atoms. The average Bonchev–Trinajstić information content (AvgIpc) is 2.75. The van der Waals surface area contributed by atoms with E-state index < -0.39 is 5.60 Å².